The second-order valence-corrected chi connectivity index (χ2v) is 8.21. The van der Waals surface area contributed by atoms with Gasteiger partial charge in [0.05, 0.1) is 23.5 Å². The van der Waals surface area contributed by atoms with Crippen molar-refractivity contribution in [2.75, 3.05) is 12.9 Å². The lowest BCUT2D eigenvalue weighted by Crippen LogP contribution is -2.29. The van der Waals surface area contributed by atoms with Gasteiger partial charge in [-0.25, -0.2) is 27.5 Å². The first-order valence-corrected chi connectivity index (χ1v) is 10.2. The Labute approximate surface area is 164 Å². The SMILES string of the molecule is CS(=O)(=O)c1nccc(-c2cnn(C(CO)c3ccc(Cl)c(F)c3)c(=O)c2)n1. The highest BCUT2D eigenvalue weighted by molar-refractivity contribution is 7.90. The van der Waals surface area contributed by atoms with Crippen LogP contribution in [0.25, 0.3) is 11.3 Å². The number of halogens is 2. The topological polar surface area (TPSA) is 115 Å². The Morgan fingerprint density at radius 2 is 2.04 bits per heavy atom. The van der Waals surface area contributed by atoms with Crippen LogP contribution in [0.5, 0.6) is 0 Å². The minimum absolute atomic E-state index is 0.0819. The molecule has 8 nitrogen and oxygen atoms in total. The Kier molecular flexibility index (Phi) is 5.54. The number of aliphatic hydroxyl groups excluding tert-OH is 1. The van der Waals surface area contributed by atoms with Crippen LogP contribution in [0.3, 0.4) is 0 Å². The minimum Gasteiger partial charge on any atom is -0.394 e. The van der Waals surface area contributed by atoms with E-state index in [2.05, 4.69) is 15.1 Å². The number of benzene rings is 1. The maximum atomic E-state index is 13.7. The standard InChI is InChI=1S/C17H14ClFN4O4S/c1-28(26,27)17-20-5-4-14(22-17)11-7-16(25)23(21-8-11)15(9-24)10-2-3-12(18)13(19)6-10/h2-8,15,24H,9H2,1H3. The van der Waals surface area contributed by atoms with Crippen molar-refractivity contribution in [1.82, 2.24) is 19.7 Å². The Morgan fingerprint density at radius 3 is 2.64 bits per heavy atom. The molecule has 0 spiro atoms. The van der Waals surface area contributed by atoms with Crippen LogP contribution in [0.1, 0.15) is 11.6 Å². The minimum atomic E-state index is -3.62. The van der Waals surface area contributed by atoms with Crippen LogP contribution in [0.2, 0.25) is 5.02 Å². The van der Waals surface area contributed by atoms with Crippen LogP contribution < -0.4 is 5.56 Å². The molecule has 1 aromatic carbocycles. The zero-order valence-electron chi connectivity index (χ0n) is 14.5. The van der Waals surface area contributed by atoms with Crippen molar-refractivity contribution in [3.8, 4) is 11.3 Å². The summed E-state index contributed by atoms with van der Waals surface area (Å²) in [4.78, 5) is 20.1. The third-order valence-corrected chi connectivity index (χ3v) is 5.05. The molecule has 0 aliphatic carbocycles. The highest BCUT2D eigenvalue weighted by Gasteiger charge is 2.18. The molecular formula is C17H14ClFN4O4S. The fraction of sp³-hybridized carbons (Fsp3) is 0.176. The Bertz CT molecular complexity index is 1200. The van der Waals surface area contributed by atoms with E-state index in [1.54, 1.807) is 0 Å². The zero-order chi connectivity index (χ0) is 20.5. The van der Waals surface area contributed by atoms with Crippen LogP contribution in [-0.4, -0.2) is 46.1 Å². The molecule has 0 bridgehead atoms. The smallest absolute Gasteiger partial charge is 0.268 e. The van der Waals surface area contributed by atoms with Gasteiger partial charge in [-0.3, -0.25) is 4.79 Å². The van der Waals surface area contributed by atoms with E-state index in [4.69, 9.17) is 11.6 Å². The molecule has 0 amide bonds. The zero-order valence-corrected chi connectivity index (χ0v) is 16.0. The molecule has 3 aromatic rings. The summed E-state index contributed by atoms with van der Waals surface area (Å²) in [6.45, 7) is -0.501. The van der Waals surface area contributed by atoms with Crippen molar-refractivity contribution in [3.05, 3.63) is 69.5 Å². The summed E-state index contributed by atoms with van der Waals surface area (Å²) in [5.41, 5.74) is 0.192. The molecule has 1 unspecified atom stereocenters. The van der Waals surface area contributed by atoms with Gasteiger partial charge in [0.25, 0.3) is 5.56 Å². The van der Waals surface area contributed by atoms with Crippen molar-refractivity contribution < 1.29 is 17.9 Å². The molecule has 1 N–H and O–H groups in total. The molecule has 0 fully saturated rings. The summed E-state index contributed by atoms with van der Waals surface area (Å²) in [6.07, 6.45) is 3.53. The van der Waals surface area contributed by atoms with Gasteiger partial charge >= 0.3 is 0 Å². The fourth-order valence-electron chi connectivity index (χ4n) is 2.52. The number of hydrogen-bond acceptors (Lipinski definition) is 7. The van der Waals surface area contributed by atoms with E-state index in [1.165, 1.54) is 36.7 Å². The van der Waals surface area contributed by atoms with Crippen molar-refractivity contribution in [2.45, 2.75) is 11.2 Å². The first-order chi connectivity index (χ1) is 13.2. The highest BCUT2D eigenvalue weighted by atomic mass is 35.5. The lowest BCUT2D eigenvalue weighted by atomic mass is 10.1. The quantitative estimate of drug-likeness (QED) is 0.617. The van der Waals surface area contributed by atoms with E-state index >= 15 is 0 Å². The summed E-state index contributed by atoms with van der Waals surface area (Å²) in [5, 5.41) is 13.3. The molecule has 0 saturated carbocycles. The molecule has 3 rings (SSSR count). The third-order valence-electron chi connectivity index (χ3n) is 3.88. The molecule has 2 heterocycles. The first kappa shape index (κ1) is 20.1. The normalized spacial score (nSPS) is 12.7. The summed E-state index contributed by atoms with van der Waals surface area (Å²) in [5.74, 6) is -0.684. The molecule has 1 atom stereocenters. The maximum Gasteiger partial charge on any atom is 0.268 e. The van der Waals surface area contributed by atoms with E-state index < -0.39 is 33.9 Å². The number of hydrogen-bond donors (Lipinski definition) is 1. The van der Waals surface area contributed by atoms with E-state index in [9.17, 15) is 22.7 Å². The first-order valence-electron chi connectivity index (χ1n) is 7.89. The lowest BCUT2D eigenvalue weighted by Gasteiger charge is -2.17. The fourth-order valence-corrected chi connectivity index (χ4v) is 3.15. The van der Waals surface area contributed by atoms with Gasteiger partial charge in [0, 0.05) is 24.1 Å². The van der Waals surface area contributed by atoms with Crippen LogP contribution in [0.15, 0.2) is 52.7 Å². The van der Waals surface area contributed by atoms with Gasteiger partial charge in [-0.1, -0.05) is 17.7 Å². The Morgan fingerprint density at radius 1 is 1.29 bits per heavy atom. The van der Waals surface area contributed by atoms with E-state index in [1.807, 2.05) is 0 Å². The molecule has 0 aliphatic heterocycles. The molecule has 146 valence electrons. The summed E-state index contributed by atoms with van der Waals surface area (Å²) in [7, 11) is -3.62. The van der Waals surface area contributed by atoms with Crippen LogP contribution >= 0.6 is 11.6 Å². The Hall–Kier alpha value is -2.69. The van der Waals surface area contributed by atoms with Gasteiger partial charge in [0.1, 0.15) is 11.9 Å². The molecule has 0 radical (unpaired) electrons. The van der Waals surface area contributed by atoms with Crippen molar-refractivity contribution in [2.24, 2.45) is 0 Å². The van der Waals surface area contributed by atoms with Gasteiger partial charge in [-0.15, -0.1) is 0 Å². The largest absolute Gasteiger partial charge is 0.394 e. The van der Waals surface area contributed by atoms with Gasteiger partial charge in [0.2, 0.25) is 15.0 Å². The van der Waals surface area contributed by atoms with E-state index in [-0.39, 0.29) is 21.4 Å². The third kappa shape index (κ3) is 4.08. The molecular weight excluding hydrogens is 411 g/mol. The average molecular weight is 425 g/mol. The van der Waals surface area contributed by atoms with Crippen molar-refractivity contribution in [1.29, 1.82) is 0 Å². The van der Waals surface area contributed by atoms with Crippen LogP contribution in [-0.2, 0) is 9.84 Å². The van der Waals surface area contributed by atoms with Crippen LogP contribution in [0, 0.1) is 5.82 Å². The maximum absolute atomic E-state index is 13.7. The van der Waals surface area contributed by atoms with Crippen LogP contribution in [0.4, 0.5) is 4.39 Å². The van der Waals surface area contributed by atoms with Gasteiger partial charge in [-0.05, 0) is 23.8 Å². The van der Waals surface area contributed by atoms with Gasteiger partial charge in [-0.2, -0.15) is 5.10 Å². The lowest BCUT2D eigenvalue weighted by molar-refractivity contribution is 0.236. The molecule has 28 heavy (non-hydrogen) atoms. The molecule has 11 heteroatoms. The summed E-state index contributed by atoms with van der Waals surface area (Å²) in [6, 6.07) is 5.63. The van der Waals surface area contributed by atoms with E-state index in [0.717, 1.165) is 17.0 Å². The van der Waals surface area contributed by atoms with E-state index in [0.29, 0.717) is 5.56 Å². The number of sulfone groups is 1. The average Bonchev–Trinajstić information content (AvgIpc) is 2.66. The van der Waals surface area contributed by atoms with Gasteiger partial charge in [0.15, 0.2) is 0 Å². The van der Waals surface area contributed by atoms with Gasteiger partial charge < -0.3 is 5.11 Å². The van der Waals surface area contributed by atoms with Crippen molar-refractivity contribution in [3.63, 3.8) is 0 Å². The molecule has 2 aromatic heterocycles. The highest BCUT2D eigenvalue weighted by Crippen LogP contribution is 2.22. The number of aromatic nitrogens is 4. The summed E-state index contributed by atoms with van der Waals surface area (Å²) < 4.78 is 37.9. The summed E-state index contributed by atoms with van der Waals surface area (Å²) >= 11 is 5.66. The molecule has 0 saturated heterocycles. The predicted molar refractivity (Wildman–Crippen MR) is 99.3 cm³/mol. The second-order valence-electron chi connectivity index (χ2n) is 5.90. The Balaban J connectivity index is 2.02. The number of aliphatic hydroxyl groups is 1. The monoisotopic (exact) mass is 424 g/mol. The second kappa shape index (κ2) is 7.74. The van der Waals surface area contributed by atoms with Crippen molar-refractivity contribution >= 4 is 21.4 Å². The predicted octanol–water partition coefficient (Wildman–Crippen LogP) is 1.48. The molecule has 0 aliphatic rings. The number of rotatable bonds is 5. The number of nitrogens with zero attached hydrogens (tertiary/aromatic N) is 4.